The van der Waals surface area contributed by atoms with Gasteiger partial charge in [0.05, 0.1) is 11.4 Å². The molecular weight excluding hydrogens is 400 g/mol. The van der Waals surface area contributed by atoms with E-state index in [1.54, 1.807) is 16.4 Å². The molecule has 0 bridgehead atoms. The Kier molecular flexibility index (Phi) is 6.26. The molecule has 1 aromatic heterocycles. The Bertz CT molecular complexity index is 1070. The molecule has 0 N–H and O–H groups in total. The van der Waals surface area contributed by atoms with Gasteiger partial charge in [0, 0.05) is 26.1 Å². The lowest BCUT2D eigenvalue weighted by atomic mass is 10.1. The number of rotatable bonds is 6. The largest absolute Gasteiger partial charge is 0.338 e. The minimum Gasteiger partial charge on any atom is -0.338 e. The lowest BCUT2D eigenvalue weighted by Gasteiger charge is -2.21. The molecule has 0 spiro atoms. The fourth-order valence-electron chi connectivity index (χ4n) is 3.60. The van der Waals surface area contributed by atoms with Gasteiger partial charge in [-0.3, -0.25) is 4.90 Å². The quantitative estimate of drug-likeness (QED) is 0.603. The van der Waals surface area contributed by atoms with E-state index in [9.17, 15) is 8.42 Å². The Hall–Kier alpha value is -2.55. The van der Waals surface area contributed by atoms with Crippen molar-refractivity contribution >= 4 is 10.0 Å². The first-order valence-corrected chi connectivity index (χ1v) is 11.6. The fraction of sp³-hybridized carbons (Fsp3) is 0.364. The van der Waals surface area contributed by atoms with E-state index in [-0.39, 0.29) is 0 Å². The minimum absolute atomic E-state index is 0.351. The van der Waals surface area contributed by atoms with Crippen LogP contribution in [0.2, 0.25) is 0 Å². The third kappa shape index (κ3) is 4.95. The molecule has 0 amide bonds. The number of aromatic nitrogens is 2. The Morgan fingerprint density at radius 3 is 2.50 bits per heavy atom. The van der Waals surface area contributed by atoms with Crippen molar-refractivity contribution in [1.82, 2.24) is 19.3 Å². The molecule has 8 heteroatoms. The summed E-state index contributed by atoms with van der Waals surface area (Å²) in [7, 11) is -3.47. The number of aryl methyl sites for hydroxylation is 1. The Morgan fingerprint density at radius 1 is 0.967 bits per heavy atom. The van der Waals surface area contributed by atoms with Crippen molar-refractivity contribution in [3.8, 4) is 0 Å². The standard InChI is InChI=1S/C22H26N4O3S/c1-18-8-10-20(11-9-18)30(27,28)26-13-5-12-25(14-15-26)17-22-23-21(24-29-22)16-19-6-3-2-4-7-19/h2-4,6-11H,5,12-17H2,1H3. The summed E-state index contributed by atoms with van der Waals surface area (Å²) in [6.07, 6.45) is 1.39. The Morgan fingerprint density at radius 2 is 1.73 bits per heavy atom. The average molecular weight is 427 g/mol. The highest BCUT2D eigenvalue weighted by Crippen LogP contribution is 2.19. The molecule has 1 aliphatic rings. The summed E-state index contributed by atoms with van der Waals surface area (Å²) in [5, 5.41) is 4.08. The van der Waals surface area contributed by atoms with Crippen molar-refractivity contribution in [2.24, 2.45) is 0 Å². The molecule has 1 aliphatic heterocycles. The van der Waals surface area contributed by atoms with Crippen LogP contribution >= 0.6 is 0 Å². The van der Waals surface area contributed by atoms with E-state index in [4.69, 9.17) is 4.52 Å². The average Bonchev–Trinajstić information content (AvgIpc) is 3.03. The molecule has 1 fully saturated rings. The van der Waals surface area contributed by atoms with Gasteiger partial charge in [-0.05, 0) is 37.6 Å². The lowest BCUT2D eigenvalue weighted by Crippen LogP contribution is -2.35. The smallest absolute Gasteiger partial charge is 0.243 e. The number of hydrogen-bond donors (Lipinski definition) is 0. The van der Waals surface area contributed by atoms with Crippen molar-refractivity contribution < 1.29 is 12.9 Å². The van der Waals surface area contributed by atoms with Gasteiger partial charge < -0.3 is 4.52 Å². The molecule has 4 rings (SSSR count). The summed E-state index contributed by atoms with van der Waals surface area (Å²) >= 11 is 0. The molecule has 0 unspecified atom stereocenters. The van der Waals surface area contributed by atoms with Crippen LogP contribution in [-0.4, -0.2) is 53.9 Å². The topological polar surface area (TPSA) is 79.5 Å². The molecule has 0 atom stereocenters. The van der Waals surface area contributed by atoms with Crippen LogP contribution in [0.1, 0.15) is 29.3 Å². The van der Waals surface area contributed by atoms with Crippen molar-refractivity contribution in [2.45, 2.75) is 31.2 Å². The molecule has 0 radical (unpaired) electrons. The van der Waals surface area contributed by atoms with Gasteiger partial charge in [-0.1, -0.05) is 53.2 Å². The zero-order valence-corrected chi connectivity index (χ0v) is 17.9. The maximum atomic E-state index is 13.0. The highest BCUT2D eigenvalue weighted by molar-refractivity contribution is 7.89. The molecule has 3 aromatic rings. The van der Waals surface area contributed by atoms with Crippen LogP contribution < -0.4 is 0 Å². The Labute approximate surface area is 177 Å². The van der Waals surface area contributed by atoms with Gasteiger partial charge in [0.2, 0.25) is 15.9 Å². The van der Waals surface area contributed by atoms with Gasteiger partial charge in [-0.2, -0.15) is 9.29 Å². The molecule has 30 heavy (non-hydrogen) atoms. The first kappa shape index (κ1) is 20.7. The second kappa shape index (κ2) is 9.07. The van der Waals surface area contributed by atoms with Crippen molar-refractivity contribution in [2.75, 3.05) is 26.2 Å². The maximum Gasteiger partial charge on any atom is 0.243 e. The van der Waals surface area contributed by atoms with Gasteiger partial charge in [-0.15, -0.1) is 0 Å². The molecule has 2 heterocycles. The van der Waals surface area contributed by atoms with E-state index in [1.807, 2.05) is 49.4 Å². The molecule has 0 saturated carbocycles. The van der Waals surface area contributed by atoms with E-state index >= 15 is 0 Å². The van der Waals surface area contributed by atoms with E-state index in [1.165, 1.54) is 0 Å². The molecule has 158 valence electrons. The number of nitrogens with zero attached hydrogens (tertiary/aromatic N) is 4. The van der Waals surface area contributed by atoms with Crippen LogP contribution in [0.3, 0.4) is 0 Å². The van der Waals surface area contributed by atoms with Gasteiger partial charge in [-0.25, -0.2) is 8.42 Å². The predicted octanol–water partition coefficient (Wildman–Crippen LogP) is 2.87. The first-order chi connectivity index (χ1) is 14.5. The summed E-state index contributed by atoms with van der Waals surface area (Å²) in [6, 6.07) is 17.1. The van der Waals surface area contributed by atoms with Crippen molar-refractivity contribution in [3.63, 3.8) is 0 Å². The molecule has 1 saturated heterocycles. The Balaban J connectivity index is 1.36. The van der Waals surface area contributed by atoms with Gasteiger partial charge >= 0.3 is 0 Å². The monoisotopic (exact) mass is 426 g/mol. The molecular formula is C22H26N4O3S. The first-order valence-electron chi connectivity index (χ1n) is 10.2. The summed E-state index contributed by atoms with van der Waals surface area (Å²) in [5.74, 6) is 1.23. The number of benzene rings is 2. The number of hydrogen-bond acceptors (Lipinski definition) is 6. The van der Waals surface area contributed by atoms with Gasteiger partial charge in [0.25, 0.3) is 0 Å². The van der Waals surface area contributed by atoms with Crippen LogP contribution in [0.4, 0.5) is 0 Å². The second-order valence-electron chi connectivity index (χ2n) is 7.61. The fourth-order valence-corrected chi connectivity index (χ4v) is 5.07. The summed E-state index contributed by atoms with van der Waals surface area (Å²) in [6.45, 7) is 4.85. The van der Waals surface area contributed by atoms with Gasteiger partial charge in [0.15, 0.2) is 5.82 Å². The van der Waals surface area contributed by atoms with Crippen LogP contribution in [0.15, 0.2) is 64.0 Å². The van der Waals surface area contributed by atoms with E-state index in [0.717, 1.165) is 24.1 Å². The van der Waals surface area contributed by atoms with Crippen LogP contribution in [0.5, 0.6) is 0 Å². The van der Waals surface area contributed by atoms with Gasteiger partial charge in [0.1, 0.15) is 0 Å². The summed E-state index contributed by atoms with van der Waals surface area (Å²) < 4.78 is 32.9. The van der Waals surface area contributed by atoms with E-state index in [0.29, 0.717) is 49.2 Å². The molecule has 2 aromatic carbocycles. The maximum absolute atomic E-state index is 13.0. The highest BCUT2D eigenvalue weighted by Gasteiger charge is 2.27. The minimum atomic E-state index is -3.47. The third-order valence-electron chi connectivity index (χ3n) is 5.28. The molecule has 0 aliphatic carbocycles. The molecule has 7 nitrogen and oxygen atoms in total. The van der Waals surface area contributed by atoms with E-state index in [2.05, 4.69) is 15.0 Å². The van der Waals surface area contributed by atoms with E-state index < -0.39 is 10.0 Å². The second-order valence-corrected chi connectivity index (χ2v) is 9.55. The van der Waals surface area contributed by atoms with Crippen LogP contribution in [0, 0.1) is 6.92 Å². The van der Waals surface area contributed by atoms with Crippen LogP contribution in [0.25, 0.3) is 0 Å². The predicted molar refractivity (Wildman–Crippen MR) is 113 cm³/mol. The zero-order valence-electron chi connectivity index (χ0n) is 17.1. The SMILES string of the molecule is Cc1ccc(S(=O)(=O)N2CCCN(Cc3nc(Cc4ccccc4)no3)CC2)cc1. The summed E-state index contributed by atoms with van der Waals surface area (Å²) in [4.78, 5) is 7.02. The third-order valence-corrected chi connectivity index (χ3v) is 7.19. The summed E-state index contributed by atoms with van der Waals surface area (Å²) in [5.41, 5.74) is 2.18. The van der Waals surface area contributed by atoms with Crippen LogP contribution in [-0.2, 0) is 23.0 Å². The lowest BCUT2D eigenvalue weighted by molar-refractivity contribution is 0.235. The normalized spacial score (nSPS) is 16.4. The van der Waals surface area contributed by atoms with Crippen molar-refractivity contribution in [3.05, 3.63) is 77.4 Å². The zero-order chi connectivity index (χ0) is 21.0. The number of sulfonamides is 1. The van der Waals surface area contributed by atoms with Crippen molar-refractivity contribution in [1.29, 1.82) is 0 Å². The highest BCUT2D eigenvalue weighted by atomic mass is 32.2.